The summed E-state index contributed by atoms with van der Waals surface area (Å²) in [4.78, 5) is 4.85. The molecule has 0 aliphatic carbocycles. The standard InChI is InChI=1S/C20H22N2O/c1-20(2,3)22-19-17(14-8-6-5-7-9-14)13-15-12-16(23-4)10-11-18(15)21-19/h5-13H,1-4H3,(H,21,22). The Kier molecular flexibility index (Phi) is 3.95. The van der Waals surface area contributed by atoms with Crippen LogP contribution in [0.3, 0.4) is 0 Å². The molecule has 0 fully saturated rings. The summed E-state index contributed by atoms with van der Waals surface area (Å²) in [5.41, 5.74) is 3.14. The molecule has 0 amide bonds. The van der Waals surface area contributed by atoms with E-state index in [1.165, 1.54) is 0 Å². The van der Waals surface area contributed by atoms with E-state index >= 15 is 0 Å². The summed E-state index contributed by atoms with van der Waals surface area (Å²) in [6.07, 6.45) is 0. The summed E-state index contributed by atoms with van der Waals surface area (Å²) < 4.78 is 5.34. The molecule has 0 spiro atoms. The fraction of sp³-hybridized carbons (Fsp3) is 0.250. The Morgan fingerprint density at radius 2 is 1.70 bits per heavy atom. The van der Waals surface area contributed by atoms with Crippen molar-refractivity contribution in [3.8, 4) is 16.9 Å². The second-order valence-corrected chi connectivity index (χ2v) is 6.68. The molecule has 0 aliphatic rings. The summed E-state index contributed by atoms with van der Waals surface area (Å²) in [5.74, 6) is 1.75. The number of hydrogen-bond donors (Lipinski definition) is 1. The molecule has 0 radical (unpaired) electrons. The van der Waals surface area contributed by atoms with Crippen LogP contribution in [0.1, 0.15) is 20.8 Å². The zero-order valence-electron chi connectivity index (χ0n) is 14.1. The smallest absolute Gasteiger partial charge is 0.134 e. The molecule has 1 N–H and O–H groups in total. The number of rotatable bonds is 3. The first-order chi connectivity index (χ1) is 11.0. The van der Waals surface area contributed by atoms with Gasteiger partial charge in [0.2, 0.25) is 0 Å². The molecule has 3 aromatic rings. The third-order valence-corrected chi connectivity index (χ3v) is 3.60. The minimum Gasteiger partial charge on any atom is -0.497 e. The van der Waals surface area contributed by atoms with Crippen LogP contribution in [0.5, 0.6) is 5.75 Å². The number of nitrogens with one attached hydrogen (secondary N) is 1. The second kappa shape index (κ2) is 5.92. The van der Waals surface area contributed by atoms with E-state index in [0.717, 1.165) is 33.6 Å². The number of aromatic nitrogens is 1. The van der Waals surface area contributed by atoms with Crippen LogP contribution in [0.2, 0.25) is 0 Å². The van der Waals surface area contributed by atoms with Crippen molar-refractivity contribution in [2.24, 2.45) is 0 Å². The lowest BCUT2D eigenvalue weighted by molar-refractivity contribution is 0.415. The number of fused-ring (bicyclic) bond motifs is 1. The number of hydrogen-bond acceptors (Lipinski definition) is 3. The van der Waals surface area contributed by atoms with Crippen molar-refractivity contribution in [2.75, 3.05) is 12.4 Å². The van der Waals surface area contributed by atoms with Crippen LogP contribution in [-0.2, 0) is 0 Å². The highest BCUT2D eigenvalue weighted by molar-refractivity contribution is 5.90. The van der Waals surface area contributed by atoms with Gasteiger partial charge in [0.15, 0.2) is 0 Å². The van der Waals surface area contributed by atoms with Gasteiger partial charge in [-0.3, -0.25) is 0 Å². The maximum Gasteiger partial charge on any atom is 0.134 e. The number of methoxy groups -OCH3 is 1. The van der Waals surface area contributed by atoms with Crippen LogP contribution in [0.4, 0.5) is 5.82 Å². The van der Waals surface area contributed by atoms with Crippen molar-refractivity contribution >= 4 is 16.7 Å². The average Bonchev–Trinajstić information content (AvgIpc) is 2.53. The summed E-state index contributed by atoms with van der Waals surface area (Å²) in [6.45, 7) is 6.42. The van der Waals surface area contributed by atoms with E-state index in [2.05, 4.69) is 44.3 Å². The van der Waals surface area contributed by atoms with E-state index in [4.69, 9.17) is 9.72 Å². The van der Waals surface area contributed by atoms with E-state index in [1.54, 1.807) is 7.11 Å². The zero-order valence-corrected chi connectivity index (χ0v) is 14.1. The lowest BCUT2D eigenvalue weighted by Crippen LogP contribution is -2.27. The maximum atomic E-state index is 5.34. The highest BCUT2D eigenvalue weighted by atomic mass is 16.5. The minimum atomic E-state index is -0.0589. The van der Waals surface area contributed by atoms with Crippen LogP contribution >= 0.6 is 0 Å². The molecule has 3 heteroatoms. The van der Waals surface area contributed by atoms with Gasteiger partial charge in [-0.05, 0) is 50.6 Å². The van der Waals surface area contributed by atoms with Crippen molar-refractivity contribution in [1.82, 2.24) is 4.98 Å². The Balaban J connectivity index is 2.22. The third kappa shape index (κ3) is 3.45. The Labute approximate surface area is 137 Å². The fourth-order valence-corrected chi connectivity index (χ4v) is 2.57. The number of anilines is 1. The molecular weight excluding hydrogens is 284 g/mol. The molecule has 0 atom stereocenters. The van der Waals surface area contributed by atoms with E-state index in [-0.39, 0.29) is 5.54 Å². The maximum absolute atomic E-state index is 5.34. The highest BCUT2D eigenvalue weighted by Gasteiger charge is 2.15. The first kappa shape index (κ1) is 15.3. The highest BCUT2D eigenvalue weighted by Crippen LogP contribution is 2.32. The molecule has 0 bridgehead atoms. The molecule has 1 heterocycles. The molecular formula is C20H22N2O. The van der Waals surface area contributed by atoms with Crippen molar-refractivity contribution in [3.63, 3.8) is 0 Å². The van der Waals surface area contributed by atoms with Crippen molar-refractivity contribution < 1.29 is 4.74 Å². The van der Waals surface area contributed by atoms with Gasteiger partial charge in [-0.2, -0.15) is 0 Å². The largest absolute Gasteiger partial charge is 0.497 e. The summed E-state index contributed by atoms with van der Waals surface area (Å²) >= 11 is 0. The van der Waals surface area contributed by atoms with Crippen molar-refractivity contribution in [1.29, 1.82) is 0 Å². The van der Waals surface area contributed by atoms with Gasteiger partial charge in [-0.1, -0.05) is 30.3 Å². The fourth-order valence-electron chi connectivity index (χ4n) is 2.57. The Bertz CT molecular complexity index is 820. The first-order valence-electron chi connectivity index (χ1n) is 7.79. The minimum absolute atomic E-state index is 0.0589. The van der Waals surface area contributed by atoms with Crippen LogP contribution in [0, 0.1) is 0 Å². The number of benzene rings is 2. The SMILES string of the molecule is COc1ccc2nc(NC(C)(C)C)c(-c3ccccc3)cc2c1. The van der Waals surface area contributed by atoms with Gasteiger partial charge in [-0.25, -0.2) is 4.98 Å². The molecule has 0 aliphatic heterocycles. The molecule has 3 nitrogen and oxygen atoms in total. The molecule has 1 aromatic heterocycles. The van der Waals surface area contributed by atoms with Crippen molar-refractivity contribution in [2.45, 2.75) is 26.3 Å². The van der Waals surface area contributed by atoms with Crippen LogP contribution in [0.15, 0.2) is 54.6 Å². The monoisotopic (exact) mass is 306 g/mol. The van der Waals surface area contributed by atoms with Gasteiger partial charge < -0.3 is 10.1 Å². The predicted octanol–water partition coefficient (Wildman–Crippen LogP) is 5.12. The molecule has 2 aromatic carbocycles. The summed E-state index contributed by atoms with van der Waals surface area (Å²) in [5, 5.41) is 4.60. The van der Waals surface area contributed by atoms with Crippen LogP contribution < -0.4 is 10.1 Å². The van der Waals surface area contributed by atoms with E-state index in [9.17, 15) is 0 Å². The van der Waals surface area contributed by atoms with E-state index in [1.807, 2.05) is 36.4 Å². The Hall–Kier alpha value is -2.55. The van der Waals surface area contributed by atoms with Gasteiger partial charge in [0.1, 0.15) is 11.6 Å². The Morgan fingerprint density at radius 1 is 0.957 bits per heavy atom. The van der Waals surface area contributed by atoms with E-state index < -0.39 is 0 Å². The van der Waals surface area contributed by atoms with Gasteiger partial charge >= 0.3 is 0 Å². The third-order valence-electron chi connectivity index (χ3n) is 3.60. The number of nitrogens with zero attached hydrogens (tertiary/aromatic N) is 1. The van der Waals surface area contributed by atoms with Gasteiger partial charge in [0, 0.05) is 16.5 Å². The predicted molar refractivity (Wildman–Crippen MR) is 97.1 cm³/mol. The molecule has 0 saturated carbocycles. The summed E-state index contributed by atoms with van der Waals surface area (Å²) in [7, 11) is 1.68. The lowest BCUT2D eigenvalue weighted by Gasteiger charge is -2.24. The molecule has 0 saturated heterocycles. The molecule has 3 rings (SSSR count). The van der Waals surface area contributed by atoms with Crippen LogP contribution in [0.25, 0.3) is 22.0 Å². The van der Waals surface area contributed by atoms with Crippen LogP contribution in [-0.4, -0.2) is 17.6 Å². The molecule has 0 unspecified atom stereocenters. The topological polar surface area (TPSA) is 34.1 Å². The number of ether oxygens (including phenoxy) is 1. The van der Waals surface area contributed by atoms with Gasteiger partial charge in [0.25, 0.3) is 0 Å². The van der Waals surface area contributed by atoms with Crippen molar-refractivity contribution in [3.05, 3.63) is 54.6 Å². The van der Waals surface area contributed by atoms with E-state index in [0.29, 0.717) is 0 Å². The number of pyridine rings is 1. The second-order valence-electron chi connectivity index (χ2n) is 6.68. The first-order valence-corrected chi connectivity index (χ1v) is 7.79. The molecule has 23 heavy (non-hydrogen) atoms. The quantitative estimate of drug-likeness (QED) is 0.729. The van der Waals surface area contributed by atoms with Gasteiger partial charge in [-0.15, -0.1) is 0 Å². The van der Waals surface area contributed by atoms with Gasteiger partial charge in [0.05, 0.1) is 12.6 Å². The average molecular weight is 306 g/mol. The lowest BCUT2D eigenvalue weighted by atomic mass is 10.0. The zero-order chi connectivity index (χ0) is 16.4. The molecule has 118 valence electrons. The Morgan fingerprint density at radius 3 is 2.35 bits per heavy atom. The normalized spacial score (nSPS) is 11.5. The summed E-state index contributed by atoms with van der Waals surface area (Å²) in [6, 6.07) is 18.5.